The standard InChI is InChI=1S/C16H25NO/c1-12-7-13(2)9-15(8-12)17-6-5-14(10-18)16(3,4)11-17/h7-9,14,18H,5-6,10-11H2,1-4H3. The lowest BCUT2D eigenvalue weighted by Gasteiger charge is -2.44. The van der Waals surface area contributed by atoms with E-state index in [0.717, 1.165) is 19.5 Å². The summed E-state index contributed by atoms with van der Waals surface area (Å²) in [5.74, 6) is 0.430. The van der Waals surface area contributed by atoms with Gasteiger partial charge >= 0.3 is 0 Å². The van der Waals surface area contributed by atoms with Gasteiger partial charge in [-0.05, 0) is 54.9 Å². The number of hydrogen-bond acceptors (Lipinski definition) is 2. The zero-order chi connectivity index (χ0) is 13.3. The summed E-state index contributed by atoms with van der Waals surface area (Å²) in [6.07, 6.45) is 1.08. The van der Waals surface area contributed by atoms with Crippen molar-refractivity contribution in [1.29, 1.82) is 0 Å². The number of rotatable bonds is 2. The molecule has 2 heteroatoms. The minimum absolute atomic E-state index is 0.185. The Labute approximate surface area is 111 Å². The predicted molar refractivity (Wildman–Crippen MR) is 77.1 cm³/mol. The van der Waals surface area contributed by atoms with Crippen molar-refractivity contribution in [1.82, 2.24) is 0 Å². The Kier molecular flexibility index (Phi) is 3.67. The van der Waals surface area contributed by atoms with Crippen LogP contribution in [-0.4, -0.2) is 24.8 Å². The number of aliphatic hydroxyl groups excluding tert-OH is 1. The van der Waals surface area contributed by atoms with E-state index in [2.05, 4.69) is 50.8 Å². The van der Waals surface area contributed by atoms with Crippen molar-refractivity contribution in [2.24, 2.45) is 11.3 Å². The molecule has 0 saturated carbocycles. The summed E-state index contributed by atoms with van der Waals surface area (Å²) in [4.78, 5) is 2.46. The van der Waals surface area contributed by atoms with Gasteiger partial charge in [0, 0.05) is 25.4 Å². The maximum atomic E-state index is 9.45. The first-order valence-electron chi connectivity index (χ1n) is 6.86. The number of aryl methyl sites for hydroxylation is 2. The highest BCUT2D eigenvalue weighted by Gasteiger charge is 2.35. The topological polar surface area (TPSA) is 23.5 Å². The zero-order valence-corrected chi connectivity index (χ0v) is 12.0. The minimum atomic E-state index is 0.185. The zero-order valence-electron chi connectivity index (χ0n) is 12.0. The first kappa shape index (κ1) is 13.4. The van der Waals surface area contributed by atoms with Gasteiger partial charge in [0.05, 0.1) is 0 Å². The van der Waals surface area contributed by atoms with Gasteiger partial charge in [-0.2, -0.15) is 0 Å². The van der Waals surface area contributed by atoms with E-state index in [1.165, 1.54) is 16.8 Å². The molecule has 1 atom stereocenters. The van der Waals surface area contributed by atoms with Gasteiger partial charge in [0.2, 0.25) is 0 Å². The van der Waals surface area contributed by atoms with Gasteiger partial charge in [0.15, 0.2) is 0 Å². The Morgan fingerprint density at radius 1 is 1.22 bits per heavy atom. The van der Waals surface area contributed by atoms with E-state index >= 15 is 0 Å². The van der Waals surface area contributed by atoms with Gasteiger partial charge in [-0.25, -0.2) is 0 Å². The molecule has 1 aromatic carbocycles. The van der Waals surface area contributed by atoms with Crippen LogP contribution in [0.2, 0.25) is 0 Å². The Balaban J connectivity index is 2.20. The smallest absolute Gasteiger partial charge is 0.0465 e. The van der Waals surface area contributed by atoms with Gasteiger partial charge in [-0.15, -0.1) is 0 Å². The summed E-state index contributed by atoms with van der Waals surface area (Å²) < 4.78 is 0. The fourth-order valence-corrected chi connectivity index (χ4v) is 3.09. The monoisotopic (exact) mass is 247 g/mol. The second-order valence-electron chi connectivity index (χ2n) is 6.42. The van der Waals surface area contributed by atoms with Crippen molar-refractivity contribution in [2.45, 2.75) is 34.1 Å². The maximum Gasteiger partial charge on any atom is 0.0465 e. The van der Waals surface area contributed by atoms with E-state index in [1.807, 2.05) is 0 Å². The predicted octanol–water partition coefficient (Wildman–Crippen LogP) is 3.15. The molecular weight excluding hydrogens is 222 g/mol. The molecule has 100 valence electrons. The second-order valence-corrected chi connectivity index (χ2v) is 6.42. The highest BCUT2D eigenvalue weighted by Crippen LogP contribution is 2.36. The molecule has 0 amide bonds. The van der Waals surface area contributed by atoms with Crippen LogP contribution in [0.5, 0.6) is 0 Å². The van der Waals surface area contributed by atoms with E-state index in [9.17, 15) is 5.11 Å². The number of benzene rings is 1. The Hall–Kier alpha value is -1.02. The summed E-state index contributed by atoms with van der Waals surface area (Å²) in [7, 11) is 0. The fourth-order valence-electron chi connectivity index (χ4n) is 3.09. The molecule has 1 aromatic rings. The van der Waals surface area contributed by atoms with Crippen LogP contribution in [0.3, 0.4) is 0 Å². The molecule has 0 aromatic heterocycles. The molecule has 0 radical (unpaired) electrons. The molecule has 1 heterocycles. The molecule has 1 unspecified atom stereocenters. The normalized spacial score (nSPS) is 23.2. The van der Waals surface area contributed by atoms with Crippen LogP contribution in [0, 0.1) is 25.2 Å². The van der Waals surface area contributed by atoms with Crippen LogP contribution in [0.1, 0.15) is 31.4 Å². The first-order valence-corrected chi connectivity index (χ1v) is 6.86. The molecule has 1 fully saturated rings. The van der Waals surface area contributed by atoms with Crippen LogP contribution in [0.15, 0.2) is 18.2 Å². The average Bonchev–Trinajstić information content (AvgIpc) is 2.26. The molecule has 1 aliphatic rings. The number of aliphatic hydroxyl groups is 1. The molecule has 1 saturated heterocycles. The summed E-state index contributed by atoms with van der Waals surface area (Å²) in [6.45, 7) is 11.2. The third-order valence-corrected chi connectivity index (χ3v) is 4.24. The average molecular weight is 247 g/mol. The Morgan fingerprint density at radius 3 is 2.33 bits per heavy atom. The quantitative estimate of drug-likeness (QED) is 0.868. The molecule has 2 rings (SSSR count). The summed E-state index contributed by atoms with van der Waals surface area (Å²) in [6, 6.07) is 6.75. The molecule has 0 bridgehead atoms. The van der Waals surface area contributed by atoms with Crippen molar-refractivity contribution in [3.05, 3.63) is 29.3 Å². The van der Waals surface area contributed by atoms with Crippen LogP contribution in [0.25, 0.3) is 0 Å². The number of piperidine rings is 1. The van der Waals surface area contributed by atoms with Crippen molar-refractivity contribution in [3.63, 3.8) is 0 Å². The first-order chi connectivity index (χ1) is 8.42. The van der Waals surface area contributed by atoms with Crippen LogP contribution >= 0.6 is 0 Å². The highest BCUT2D eigenvalue weighted by molar-refractivity contribution is 5.51. The lowest BCUT2D eigenvalue weighted by molar-refractivity contribution is 0.0972. The van der Waals surface area contributed by atoms with Gasteiger partial charge in [0.25, 0.3) is 0 Å². The van der Waals surface area contributed by atoms with Crippen molar-refractivity contribution >= 4 is 5.69 Å². The summed E-state index contributed by atoms with van der Waals surface area (Å²) in [5.41, 5.74) is 4.17. The fraction of sp³-hybridized carbons (Fsp3) is 0.625. The van der Waals surface area contributed by atoms with Gasteiger partial charge in [-0.3, -0.25) is 0 Å². The van der Waals surface area contributed by atoms with Gasteiger partial charge in [0.1, 0.15) is 0 Å². The minimum Gasteiger partial charge on any atom is -0.396 e. The largest absolute Gasteiger partial charge is 0.396 e. The molecule has 2 nitrogen and oxygen atoms in total. The molecule has 0 aliphatic carbocycles. The second kappa shape index (κ2) is 4.93. The molecule has 1 aliphatic heterocycles. The van der Waals surface area contributed by atoms with Crippen LogP contribution < -0.4 is 4.90 Å². The van der Waals surface area contributed by atoms with E-state index < -0.39 is 0 Å². The SMILES string of the molecule is Cc1cc(C)cc(N2CCC(CO)C(C)(C)C2)c1. The van der Waals surface area contributed by atoms with E-state index in [1.54, 1.807) is 0 Å². The number of hydrogen-bond donors (Lipinski definition) is 1. The third-order valence-electron chi connectivity index (χ3n) is 4.24. The van der Waals surface area contributed by atoms with E-state index in [-0.39, 0.29) is 5.41 Å². The van der Waals surface area contributed by atoms with Crippen molar-refractivity contribution < 1.29 is 5.11 Å². The lowest BCUT2D eigenvalue weighted by atomic mass is 9.74. The van der Waals surface area contributed by atoms with Crippen molar-refractivity contribution in [2.75, 3.05) is 24.6 Å². The van der Waals surface area contributed by atoms with Crippen LogP contribution in [0.4, 0.5) is 5.69 Å². The highest BCUT2D eigenvalue weighted by atomic mass is 16.3. The van der Waals surface area contributed by atoms with Crippen molar-refractivity contribution in [3.8, 4) is 0 Å². The maximum absolute atomic E-state index is 9.45. The molecule has 0 spiro atoms. The van der Waals surface area contributed by atoms with Crippen LogP contribution in [-0.2, 0) is 0 Å². The molecule has 18 heavy (non-hydrogen) atoms. The summed E-state index contributed by atoms with van der Waals surface area (Å²) in [5, 5.41) is 9.45. The number of anilines is 1. The summed E-state index contributed by atoms with van der Waals surface area (Å²) >= 11 is 0. The van der Waals surface area contributed by atoms with E-state index in [4.69, 9.17) is 0 Å². The van der Waals surface area contributed by atoms with Gasteiger partial charge in [-0.1, -0.05) is 19.9 Å². The Bertz CT molecular complexity index is 405. The number of nitrogens with zero attached hydrogens (tertiary/aromatic N) is 1. The molecular formula is C16H25NO. The Morgan fingerprint density at radius 2 is 1.83 bits per heavy atom. The molecule has 1 N–H and O–H groups in total. The van der Waals surface area contributed by atoms with Gasteiger partial charge < -0.3 is 10.0 Å². The third kappa shape index (κ3) is 2.69. The lowest BCUT2D eigenvalue weighted by Crippen LogP contribution is -2.47. The van der Waals surface area contributed by atoms with E-state index in [0.29, 0.717) is 12.5 Å².